The zero-order chi connectivity index (χ0) is 21.3. The molecular weight excluding hydrogens is 388 g/mol. The number of nitrogens with two attached hydrogens (primary N) is 1. The number of ether oxygens (including phenoxy) is 2. The van der Waals surface area contributed by atoms with Crippen molar-refractivity contribution in [2.24, 2.45) is 10.7 Å². The fraction of sp³-hybridized carbons (Fsp3) is 0.217. The summed E-state index contributed by atoms with van der Waals surface area (Å²) in [7, 11) is 0. The highest BCUT2D eigenvalue weighted by Crippen LogP contribution is 2.41. The predicted octanol–water partition coefficient (Wildman–Crippen LogP) is 4.56. The van der Waals surface area contributed by atoms with Gasteiger partial charge in [-0.2, -0.15) is 8.78 Å². The van der Waals surface area contributed by atoms with Crippen LogP contribution in [-0.4, -0.2) is 24.2 Å². The molecule has 0 aliphatic carbocycles. The monoisotopic (exact) mass is 409 g/mol. The molecule has 7 heteroatoms. The quantitative estimate of drug-likeness (QED) is 0.671. The number of nitrogens with zero attached hydrogens (tertiary/aromatic N) is 2. The van der Waals surface area contributed by atoms with Crippen LogP contribution in [0.5, 0.6) is 5.75 Å². The Morgan fingerprint density at radius 2 is 1.90 bits per heavy atom. The fourth-order valence-electron chi connectivity index (χ4n) is 3.82. The van der Waals surface area contributed by atoms with Crippen LogP contribution in [0.15, 0.2) is 65.9 Å². The van der Waals surface area contributed by atoms with E-state index in [1.165, 1.54) is 6.07 Å². The van der Waals surface area contributed by atoms with Gasteiger partial charge in [0.15, 0.2) is 5.54 Å². The van der Waals surface area contributed by atoms with Gasteiger partial charge in [0.05, 0.1) is 0 Å². The van der Waals surface area contributed by atoms with Crippen molar-refractivity contribution in [1.82, 2.24) is 4.98 Å². The molecule has 2 aromatic carbocycles. The molecule has 0 saturated heterocycles. The highest BCUT2D eigenvalue weighted by atomic mass is 19.3. The van der Waals surface area contributed by atoms with E-state index < -0.39 is 12.2 Å². The molecule has 2 heterocycles. The van der Waals surface area contributed by atoms with Crippen molar-refractivity contribution in [3.8, 4) is 16.9 Å². The lowest BCUT2D eigenvalue weighted by atomic mass is 9.81. The first-order valence-electron chi connectivity index (χ1n) is 9.44. The summed E-state index contributed by atoms with van der Waals surface area (Å²) in [4.78, 5) is 8.91. The molecule has 1 atom stereocenters. The molecule has 4 rings (SSSR count). The maximum Gasteiger partial charge on any atom is 0.387 e. The minimum Gasteiger partial charge on any atom is -0.462 e. The molecule has 0 spiro atoms. The van der Waals surface area contributed by atoms with E-state index in [0.29, 0.717) is 0 Å². The Hall–Kier alpha value is -3.48. The molecular formula is C23H21F2N3O2. The number of pyridine rings is 1. The van der Waals surface area contributed by atoms with Gasteiger partial charge in [-0.25, -0.2) is 4.99 Å². The standard InChI is InChI=1S/C23H21F2N3O2/c1-14-8-17(12-27-11-14)16-4-3-5-18(10-16)23(13-29-22(26)28-23)20-7-6-19(9-15(20)2)30-21(24)25/h3-12,21H,13H2,1-2H3,(H2,26,28). The van der Waals surface area contributed by atoms with Gasteiger partial charge in [-0.1, -0.05) is 24.3 Å². The molecule has 30 heavy (non-hydrogen) atoms. The average molecular weight is 409 g/mol. The van der Waals surface area contributed by atoms with Crippen LogP contribution in [-0.2, 0) is 10.3 Å². The molecule has 1 aromatic heterocycles. The maximum atomic E-state index is 12.6. The zero-order valence-electron chi connectivity index (χ0n) is 16.6. The Morgan fingerprint density at radius 1 is 1.07 bits per heavy atom. The van der Waals surface area contributed by atoms with Crippen LogP contribution in [0.2, 0.25) is 0 Å². The average Bonchev–Trinajstić information content (AvgIpc) is 3.10. The lowest BCUT2D eigenvalue weighted by Crippen LogP contribution is -2.28. The number of aliphatic imine (C=N–C) groups is 1. The topological polar surface area (TPSA) is 69.7 Å². The Kier molecular flexibility index (Phi) is 5.11. The van der Waals surface area contributed by atoms with Gasteiger partial charge < -0.3 is 15.2 Å². The number of aromatic nitrogens is 1. The largest absolute Gasteiger partial charge is 0.462 e. The summed E-state index contributed by atoms with van der Waals surface area (Å²) in [5, 5.41) is 0. The van der Waals surface area contributed by atoms with Crippen LogP contribution in [0, 0.1) is 13.8 Å². The lowest BCUT2D eigenvalue weighted by molar-refractivity contribution is -0.0498. The van der Waals surface area contributed by atoms with E-state index in [0.717, 1.165) is 33.4 Å². The SMILES string of the molecule is Cc1cncc(-c2cccc(C3(c4ccc(OC(F)F)cc4C)COC(N)=N3)c2)c1. The molecule has 5 nitrogen and oxygen atoms in total. The first-order chi connectivity index (χ1) is 14.4. The van der Waals surface area contributed by atoms with Crippen molar-refractivity contribution >= 4 is 6.02 Å². The molecule has 1 aliphatic heterocycles. The smallest absolute Gasteiger partial charge is 0.387 e. The first kappa shape index (κ1) is 19.8. The number of alkyl halides is 2. The lowest BCUT2D eigenvalue weighted by Gasteiger charge is -2.27. The number of hydrogen-bond donors (Lipinski definition) is 1. The van der Waals surface area contributed by atoms with Gasteiger partial charge in [-0.05, 0) is 65.9 Å². The van der Waals surface area contributed by atoms with E-state index in [2.05, 4.69) is 20.8 Å². The molecule has 0 radical (unpaired) electrons. The van der Waals surface area contributed by atoms with Crippen molar-refractivity contribution < 1.29 is 18.3 Å². The van der Waals surface area contributed by atoms with E-state index in [1.54, 1.807) is 18.3 Å². The second kappa shape index (κ2) is 7.74. The minimum atomic E-state index is -2.88. The van der Waals surface area contributed by atoms with E-state index >= 15 is 0 Å². The molecule has 0 bridgehead atoms. The van der Waals surface area contributed by atoms with E-state index in [-0.39, 0.29) is 18.4 Å². The highest BCUT2D eigenvalue weighted by molar-refractivity contribution is 5.76. The number of hydrogen-bond acceptors (Lipinski definition) is 5. The highest BCUT2D eigenvalue weighted by Gasteiger charge is 2.41. The van der Waals surface area contributed by atoms with Gasteiger partial charge in [-0.15, -0.1) is 0 Å². The van der Waals surface area contributed by atoms with Crippen molar-refractivity contribution in [2.45, 2.75) is 26.0 Å². The van der Waals surface area contributed by atoms with Crippen LogP contribution in [0.1, 0.15) is 22.3 Å². The first-order valence-corrected chi connectivity index (χ1v) is 9.44. The number of amidine groups is 1. The van der Waals surface area contributed by atoms with Crippen molar-refractivity contribution in [3.05, 3.63) is 83.2 Å². The van der Waals surface area contributed by atoms with Crippen LogP contribution in [0.4, 0.5) is 8.78 Å². The van der Waals surface area contributed by atoms with Crippen molar-refractivity contribution in [1.29, 1.82) is 0 Å². The van der Waals surface area contributed by atoms with Crippen molar-refractivity contribution in [2.75, 3.05) is 6.61 Å². The summed E-state index contributed by atoms with van der Waals surface area (Å²) in [6.07, 6.45) is 3.61. The third-order valence-electron chi connectivity index (χ3n) is 5.15. The Balaban J connectivity index is 1.82. The number of benzene rings is 2. The number of aryl methyl sites for hydroxylation is 2. The van der Waals surface area contributed by atoms with E-state index in [1.807, 2.05) is 44.3 Å². The minimum absolute atomic E-state index is 0.0879. The molecule has 1 unspecified atom stereocenters. The van der Waals surface area contributed by atoms with Gasteiger partial charge in [-0.3, -0.25) is 4.98 Å². The normalized spacial score (nSPS) is 18.2. The molecule has 0 saturated carbocycles. The third-order valence-corrected chi connectivity index (χ3v) is 5.15. The third kappa shape index (κ3) is 3.70. The van der Waals surface area contributed by atoms with Crippen LogP contribution < -0.4 is 10.5 Å². The summed E-state index contributed by atoms with van der Waals surface area (Å²) in [6, 6.07) is 14.9. The predicted molar refractivity (Wildman–Crippen MR) is 111 cm³/mol. The van der Waals surface area contributed by atoms with Crippen LogP contribution in [0.3, 0.4) is 0 Å². The molecule has 3 aromatic rings. The molecule has 2 N–H and O–H groups in total. The Bertz CT molecular complexity index is 1120. The summed E-state index contributed by atoms with van der Waals surface area (Å²) < 4.78 is 35.3. The second-order valence-corrected chi connectivity index (χ2v) is 7.29. The zero-order valence-corrected chi connectivity index (χ0v) is 16.6. The van der Waals surface area contributed by atoms with Gasteiger partial charge in [0.25, 0.3) is 6.02 Å². The van der Waals surface area contributed by atoms with Crippen LogP contribution in [0.25, 0.3) is 11.1 Å². The van der Waals surface area contributed by atoms with E-state index in [4.69, 9.17) is 10.5 Å². The molecule has 1 aliphatic rings. The van der Waals surface area contributed by atoms with E-state index in [9.17, 15) is 8.78 Å². The maximum absolute atomic E-state index is 12.6. The fourth-order valence-corrected chi connectivity index (χ4v) is 3.82. The van der Waals surface area contributed by atoms with Gasteiger partial charge in [0.1, 0.15) is 12.4 Å². The summed E-state index contributed by atoms with van der Waals surface area (Å²) in [5.74, 6) is 0.0943. The summed E-state index contributed by atoms with van der Waals surface area (Å²) in [6.45, 7) is 1.15. The van der Waals surface area contributed by atoms with Crippen molar-refractivity contribution in [3.63, 3.8) is 0 Å². The van der Waals surface area contributed by atoms with Crippen LogP contribution >= 0.6 is 0 Å². The number of halogens is 2. The Morgan fingerprint density at radius 3 is 2.57 bits per heavy atom. The summed E-state index contributed by atoms with van der Waals surface area (Å²) in [5.41, 5.74) is 10.5. The van der Waals surface area contributed by atoms with Gasteiger partial charge in [0, 0.05) is 18.0 Å². The van der Waals surface area contributed by atoms with Gasteiger partial charge in [0.2, 0.25) is 0 Å². The molecule has 0 amide bonds. The number of rotatable bonds is 5. The second-order valence-electron chi connectivity index (χ2n) is 7.29. The molecule has 0 fully saturated rings. The van der Waals surface area contributed by atoms with Gasteiger partial charge >= 0.3 is 6.61 Å². The Labute approximate surface area is 173 Å². The molecule has 154 valence electrons. The summed E-state index contributed by atoms with van der Waals surface area (Å²) >= 11 is 0.